The summed E-state index contributed by atoms with van der Waals surface area (Å²) in [5.74, 6) is 0. The summed E-state index contributed by atoms with van der Waals surface area (Å²) in [4.78, 5) is 1.99. The Morgan fingerprint density at radius 2 is 0.580 bits per heavy atom. The summed E-state index contributed by atoms with van der Waals surface area (Å²) >= 11 is 9.32. The first-order chi connectivity index (χ1) is 24.6. The van der Waals surface area contributed by atoms with Gasteiger partial charge in [-0.2, -0.15) is 0 Å². The molecule has 0 saturated heterocycles. The van der Waals surface area contributed by atoms with E-state index in [1.54, 1.807) is 0 Å². The molecule has 0 aliphatic carbocycles. The maximum Gasteiger partial charge on any atom is 0.00751 e. The van der Waals surface area contributed by atoms with Crippen molar-refractivity contribution in [3.05, 3.63) is 158 Å². The lowest BCUT2D eigenvalue weighted by Gasteiger charge is -2.07. The van der Waals surface area contributed by atoms with E-state index in [0.29, 0.717) is 0 Å². The van der Waals surface area contributed by atoms with Crippen molar-refractivity contribution >= 4 is 125 Å². The molecule has 0 fully saturated rings. The van der Waals surface area contributed by atoms with Gasteiger partial charge >= 0.3 is 0 Å². The summed E-state index contributed by atoms with van der Waals surface area (Å²) < 4.78 is 0. The summed E-state index contributed by atoms with van der Waals surface area (Å²) in [5, 5.41) is 24.4. The fraction of sp³-hybridized carbons (Fsp3) is 0. The predicted molar refractivity (Wildman–Crippen MR) is 229 cm³/mol. The molecule has 50 heavy (non-hydrogen) atoms. The van der Waals surface area contributed by atoms with Crippen LogP contribution in [0.3, 0.4) is 0 Å². The van der Waals surface area contributed by atoms with Crippen molar-refractivity contribution in [3.63, 3.8) is 0 Å². The van der Waals surface area contributed by atoms with Crippen LogP contribution in [0.5, 0.6) is 0 Å². The molecule has 4 heteroatoms. The lowest BCUT2D eigenvalue weighted by Crippen LogP contribution is -1.77. The lowest BCUT2D eigenvalue weighted by molar-refractivity contribution is 1.50. The Hall–Kier alpha value is -4.68. The van der Waals surface area contributed by atoms with Gasteiger partial charge in [0.15, 0.2) is 0 Å². The van der Waals surface area contributed by atoms with Crippen LogP contribution in [0.2, 0.25) is 0 Å². The van der Waals surface area contributed by atoms with Gasteiger partial charge in [-0.05, 0) is 184 Å². The van der Waals surface area contributed by atoms with Crippen LogP contribution in [0.4, 0.5) is 0 Å². The van der Waals surface area contributed by atoms with Crippen LogP contribution in [0.1, 0.15) is 0 Å². The van der Waals surface area contributed by atoms with E-state index in [2.05, 4.69) is 183 Å². The molecule has 0 aliphatic heterocycles. The summed E-state index contributed by atoms with van der Waals surface area (Å²) in [6, 6.07) is 59.8. The molecule has 9 aromatic carbocycles. The first kappa shape index (κ1) is 29.1. The Bertz CT molecular complexity index is 2980. The van der Waals surface area contributed by atoms with Crippen molar-refractivity contribution in [2.75, 3.05) is 0 Å². The van der Waals surface area contributed by atoms with Crippen LogP contribution < -0.4 is 0 Å². The van der Waals surface area contributed by atoms with Gasteiger partial charge in [0.2, 0.25) is 0 Å². The molecule has 11 rings (SSSR count). The Morgan fingerprint density at radius 1 is 0.280 bits per heavy atom. The zero-order valence-corrected chi connectivity index (χ0v) is 30.4. The third-order valence-corrected chi connectivity index (χ3v) is 16.1. The number of hydrogen-bond acceptors (Lipinski definition) is 2. The van der Waals surface area contributed by atoms with Crippen LogP contribution in [0, 0.1) is 0 Å². The molecule has 0 N–H and O–H groups in total. The van der Waals surface area contributed by atoms with Crippen molar-refractivity contribution in [2.24, 2.45) is 0 Å². The number of fused-ring (bicyclic) bond motifs is 10. The van der Waals surface area contributed by atoms with Crippen molar-refractivity contribution < 1.29 is 0 Å². The fourth-order valence-electron chi connectivity index (χ4n) is 8.16. The van der Waals surface area contributed by atoms with Gasteiger partial charge in [0, 0.05) is 30.3 Å². The highest BCUT2D eigenvalue weighted by atomic mass is 32.1. The van der Waals surface area contributed by atoms with E-state index in [-0.39, 0.29) is 0 Å². The Kier molecular flexibility index (Phi) is 6.35. The monoisotopic (exact) mass is 706 g/mol. The van der Waals surface area contributed by atoms with Crippen LogP contribution >= 0.6 is 40.3 Å². The second-order valence-electron chi connectivity index (χ2n) is 13.4. The van der Waals surface area contributed by atoms with Crippen molar-refractivity contribution in [3.8, 4) is 10.6 Å². The molecule has 0 radical (unpaired) electrons. The maximum atomic E-state index is 4.66. The average Bonchev–Trinajstić information content (AvgIpc) is 3.61. The molecule has 0 nitrogen and oxygen atoms in total. The van der Waals surface area contributed by atoms with E-state index in [0.717, 1.165) is 9.79 Å². The number of hydrogen-bond donors (Lipinski definition) is 2. The van der Waals surface area contributed by atoms with Gasteiger partial charge in [-0.3, -0.25) is 0 Å². The van der Waals surface area contributed by atoms with Gasteiger partial charge < -0.3 is 0 Å². The number of benzene rings is 9. The molecule has 0 aliphatic rings. The molecule has 0 saturated carbocycles. The second kappa shape index (κ2) is 10.9. The van der Waals surface area contributed by atoms with Crippen LogP contribution in [-0.2, 0) is 0 Å². The minimum absolute atomic E-state index is 0.764. The Morgan fingerprint density at radius 3 is 0.940 bits per heavy atom. The molecule has 2 heterocycles. The molecule has 0 bridgehead atoms. The van der Waals surface area contributed by atoms with Crippen molar-refractivity contribution in [1.29, 1.82) is 0 Å². The van der Waals surface area contributed by atoms with E-state index >= 15 is 0 Å². The smallest absolute Gasteiger partial charge is 0.00751 e. The molecule has 2 unspecified atom stereocenters. The average molecular weight is 707 g/mol. The largest absolute Gasteiger partial charge is 0.143 e. The fourth-order valence-corrected chi connectivity index (χ4v) is 13.7. The summed E-state index contributed by atoms with van der Waals surface area (Å²) in [5.41, 5.74) is 0. The number of rotatable bonds is 2. The molecular weight excluding hydrogens is 679 g/mol. The lowest BCUT2D eigenvalue weighted by atomic mass is 10.0. The summed E-state index contributed by atoms with van der Waals surface area (Å²) in [6.45, 7) is 0. The third kappa shape index (κ3) is 4.37. The normalized spacial score (nSPS) is 12.9. The van der Waals surface area contributed by atoms with Crippen LogP contribution in [0.15, 0.2) is 168 Å². The Labute approximate surface area is 301 Å². The van der Waals surface area contributed by atoms with Crippen LogP contribution in [0.25, 0.3) is 95.7 Å². The van der Waals surface area contributed by atoms with Gasteiger partial charge in [0.05, 0.1) is 0 Å². The minimum atomic E-state index is -0.764. The highest BCUT2D eigenvalue weighted by Gasteiger charge is 2.21. The first-order valence-corrected chi connectivity index (χ1v) is 20.4. The maximum absolute atomic E-state index is 4.66. The highest BCUT2D eigenvalue weighted by molar-refractivity contribution is 7.80. The quantitative estimate of drug-likeness (QED) is 0.130. The van der Waals surface area contributed by atoms with E-state index in [9.17, 15) is 0 Å². The molecule has 11 aromatic rings. The van der Waals surface area contributed by atoms with Gasteiger partial charge in [0.25, 0.3) is 0 Å². The zero-order valence-electron chi connectivity index (χ0n) is 26.8. The minimum Gasteiger partial charge on any atom is -0.143 e. The summed E-state index contributed by atoms with van der Waals surface area (Å²) in [6.07, 6.45) is 0. The molecule has 2 atom stereocenters. The molecular formula is C46H28P2S2. The SMILES string of the molecule is Sc1ccc(-p2c3cc4cc5ccccc5cc4cc3c3cc4c(cc32)c2cc3cc5ccccc5cc3cc2p4-c2ccc(S)cc2)cc1. The topological polar surface area (TPSA) is 0 Å². The summed E-state index contributed by atoms with van der Waals surface area (Å²) in [7, 11) is -1.53. The van der Waals surface area contributed by atoms with E-state index in [1.165, 1.54) is 95.7 Å². The number of thiol groups is 2. The highest BCUT2D eigenvalue weighted by Crippen LogP contribution is 2.61. The van der Waals surface area contributed by atoms with Gasteiger partial charge in [-0.15, -0.1) is 25.3 Å². The predicted octanol–water partition coefficient (Wildman–Crippen LogP) is 15.4. The molecule has 234 valence electrons. The van der Waals surface area contributed by atoms with Gasteiger partial charge in [-0.1, -0.05) is 63.6 Å². The van der Waals surface area contributed by atoms with E-state index in [1.807, 2.05) is 0 Å². The Balaban J connectivity index is 1.32. The first-order valence-electron chi connectivity index (χ1n) is 16.9. The molecule has 0 spiro atoms. The molecule has 2 aromatic heterocycles. The second-order valence-corrected chi connectivity index (χ2v) is 18.8. The van der Waals surface area contributed by atoms with Gasteiger partial charge in [0.1, 0.15) is 0 Å². The van der Waals surface area contributed by atoms with Crippen LogP contribution in [-0.4, -0.2) is 0 Å². The zero-order chi connectivity index (χ0) is 33.1. The van der Waals surface area contributed by atoms with Crippen molar-refractivity contribution in [2.45, 2.75) is 9.79 Å². The van der Waals surface area contributed by atoms with E-state index in [4.69, 9.17) is 0 Å². The van der Waals surface area contributed by atoms with Crippen molar-refractivity contribution in [1.82, 2.24) is 0 Å². The standard InChI is InChI=1S/C46H28P2S2/c49-37-13-9-35(10-14-37)47-43-23-33-19-29-7-3-1-5-27(29)17-31(33)21-39(43)41-25-46-42(26-45(41)47)40-22-32-18-28-6-2-4-8-30(28)20-34(32)24-44(40)48(46)36-11-15-38(50)16-12-36/h1-26,49-50H. The third-order valence-electron chi connectivity index (χ3n) is 10.5. The molecule has 0 amide bonds. The van der Waals surface area contributed by atoms with E-state index < -0.39 is 15.1 Å². The van der Waals surface area contributed by atoms with Gasteiger partial charge in [-0.25, -0.2) is 0 Å².